The summed E-state index contributed by atoms with van der Waals surface area (Å²) in [6.07, 6.45) is 79.0. The molecular formula is C81H138O17P2. The van der Waals surface area contributed by atoms with Crippen molar-refractivity contribution in [1.29, 1.82) is 0 Å². The number of carbonyl (C=O) groups is 4. The van der Waals surface area contributed by atoms with Crippen LogP contribution in [0.1, 0.15) is 310 Å². The molecule has 0 aromatic heterocycles. The average molecular weight is 1450 g/mol. The van der Waals surface area contributed by atoms with E-state index in [1.165, 1.54) is 51.4 Å². The van der Waals surface area contributed by atoms with E-state index in [0.29, 0.717) is 25.7 Å². The lowest BCUT2D eigenvalue weighted by Gasteiger charge is -2.21. The molecule has 5 atom stereocenters. The van der Waals surface area contributed by atoms with Crippen molar-refractivity contribution in [3.05, 3.63) is 122 Å². The maximum atomic E-state index is 13.1. The lowest BCUT2D eigenvalue weighted by atomic mass is 10.0. The van der Waals surface area contributed by atoms with Crippen LogP contribution >= 0.6 is 15.6 Å². The fourth-order valence-electron chi connectivity index (χ4n) is 10.1. The third-order valence-corrected chi connectivity index (χ3v) is 17.8. The predicted molar refractivity (Wildman–Crippen MR) is 408 cm³/mol. The number of aliphatic hydroxyl groups excluding tert-OH is 1. The number of aliphatic hydroxyl groups is 1. The molecule has 0 saturated heterocycles. The second-order valence-electron chi connectivity index (χ2n) is 25.5. The number of unbranched alkanes of at least 4 members (excludes halogenated alkanes) is 26. The molecule has 17 nitrogen and oxygen atoms in total. The Bertz CT molecular complexity index is 2370. The molecule has 0 saturated carbocycles. The molecule has 0 aliphatic carbocycles. The summed E-state index contributed by atoms with van der Waals surface area (Å²) in [5, 5.41) is 10.6. The molecular weight excluding hydrogens is 1310 g/mol. The van der Waals surface area contributed by atoms with Crippen LogP contribution in [0.25, 0.3) is 0 Å². The van der Waals surface area contributed by atoms with E-state index in [1.54, 1.807) is 0 Å². The molecule has 0 rings (SSSR count). The van der Waals surface area contributed by atoms with E-state index in [-0.39, 0.29) is 25.7 Å². The Labute approximate surface area is 606 Å². The second-order valence-corrected chi connectivity index (χ2v) is 28.4. The Hall–Kier alpha value is -4.54. The summed E-state index contributed by atoms with van der Waals surface area (Å²) >= 11 is 0. The Morgan fingerprint density at radius 1 is 0.290 bits per heavy atom. The molecule has 0 spiro atoms. The van der Waals surface area contributed by atoms with Crippen molar-refractivity contribution in [2.45, 2.75) is 329 Å². The van der Waals surface area contributed by atoms with Crippen LogP contribution in [-0.4, -0.2) is 96.7 Å². The van der Waals surface area contributed by atoms with Crippen LogP contribution in [0.3, 0.4) is 0 Å². The summed E-state index contributed by atoms with van der Waals surface area (Å²) in [6.45, 7) is 4.52. The van der Waals surface area contributed by atoms with Gasteiger partial charge in [0.05, 0.1) is 26.4 Å². The van der Waals surface area contributed by atoms with Gasteiger partial charge in [0.2, 0.25) is 0 Å². The van der Waals surface area contributed by atoms with Crippen LogP contribution in [0.15, 0.2) is 122 Å². The topological polar surface area (TPSA) is 237 Å². The first-order valence-corrected chi connectivity index (χ1v) is 41.8. The summed E-state index contributed by atoms with van der Waals surface area (Å²) < 4.78 is 68.5. The van der Waals surface area contributed by atoms with Gasteiger partial charge in [-0.3, -0.25) is 37.3 Å². The maximum absolute atomic E-state index is 13.1. The first kappa shape index (κ1) is 95.5. The zero-order valence-corrected chi connectivity index (χ0v) is 64.4. The van der Waals surface area contributed by atoms with Gasteiger partial charge in [-0.2, -0.15) is 0 Å². The average Bonchev–Trinajstić information content (AvgIpc) is 0.946. The molecule has 0 bridgehead atoms. The van der Waals surface area contributed by atoms with Crippen LogP contribution in [0.4, 0.5) is 0 Å². The smallest absolute Gasteiger partial charge is 0.462 e. The Morgan fingerprint density at radius 2 is 0.540 bits per heavy atom. The van der Waals surface area contributed by atoms with Gasteiger partial charge in [-0.1, -0.05) is 278 Å². The molecule has 0 aliphatic heterocycles. The summed E-state index contributed by atoms with van der Waals surface area (Å²) in [7, 11) is -9.97. The van der Waals surface area contributed by atoms with E-state index in [0.717, 1.165) is 180 Å². The molecule has 19 heteroatoms. The molecule has 100 heavy (non-hydrogen) atoms. The van der Waals surface area contributed by atoms with Crippen molar-refractivity contribution < 1.29 is 80.2 Å². The maximum Gasteiger partial charge on any atom is 0.472 e. The van der Waals surface area contributed by atoms with Crippen LogP contribution in [0.5, 0.6) is 0 Å². The van der Waals surface area contributed by atoms with Gasteiger partial charge in [-0.25, -0.2) is 9.13 Å². The van der Waals surface area contributed by atoms with Crippen molar-refractivity contribution in [3.63, 3.8) is 0 Å². The highest BCUT2D eigenvalue weighted by molar-refractivity contribution is 7.47. The van der Waals surface area contributed by atoms with Gasteiger partial charge in [0.25, 0.3) is 0 Å². The third-order valence-electron chi connectivity index (χ3n) is 15.9. The molecule has 0 aliphatic rings. The first-order chi connectivity index (χ1) is 48.7. The second kappa shape index (κ2) is 72.8. The molecule has 0 aromatic rings. The summed E-state index contributed by atoms with van der Waals surface area (Å²) in [5.74, 6) is -2.24. The summed E-state index contributed by atoms with van der Waals surface area (Å²) in [6, 6.07) is 0. The van der Waals surface area contributed by atoms with Crippen molar-refractivity contribution in [1.82, 2.24) is 0 Å². The number of hydrogen-bond acceptors (Lipinski definition) is 15. The molecule has 574 valence electrons. The molecule has 5 unspecified atom stereocenters. The highest BCUT2D eigenvalue weighted by Gasteiger charge is 2.30. The number of hydrogen-bond donors (Lipinski definition) is 3. The van der Waals surface area contributed by atoms with Gasteiger partial charge in [0.15, 0.2) is 12.2 Å². The number of phosphoric ester groups is 2. The standard InChI is InChI=1S/C81H138O17P2/c1-5-9-13-17-21-25-29-33-35-36-37-38-40-43-46-50-54-58-62-66-79(84)92-72-77(98-81(86)68-64-60-56-52-48-44-39-34-30-26-22-18-14-10-6-2)74-96-100(89,90)94-70-75(82)69-93-99(87,88)95-73-76(97-80(85)67-63-59-55-51-47-42-32-28-24-20-16-12-8-4)71-91-78(83)65-61-57-53-49-45-41-31-27-23-19-15-11-7-3/h9-10,13-15,19,21-22,25-27,31,33-35,37-39,43,46,75-77,82H,5-8,11-12,16-18,20,23-24,28-30,32,36,40-42,44-45,47-74H2,1-4H3,(H,87,88)(H,89,90)/b13-9-,14-10-,19-15-,25-21-,26-22-,31-27-,35-33-,38-37-,39-34-,46-43-. The Balaban J connectivity index is 5.39. The normalized spacial score (nSPS) is 14.6. The summed E-state index contributed by atoms with van der Waals surface area (Å²) in [4.78, 5) is 72.9. The number of esters is 4. The van der Waals surface area contributed by atoms with Crippen molar-refractivity contribution >= 4 is 39.5 Å². The fourth-order valence-corrected chi connectivity index (χ4v) is 11.6. The third kappa shape index (κ3) is 71.8. The predicted octanol–water partition coefficient (Wildman–Crippen LogP) is 22.3. The number of allylic oxidation sites excluding steroid dienone is 20. The van der Waals surface area contributed by atoms with E-state index < -0.39 is 97.5 Å². The minimum Gasteiger partial charge on any atom is -0.462 e. The largest absolute Gasteiger partial charge is 0.472 e. The van der Waals surface area contributed by atoms with Gasteiger partial charge in [0, 0.05) is 25.7 Å². The number of carbonyl (C=O) groups excluding carboxylic acids is 4. The molecule has 0 amide bonds. The van der Waals surface area contributed by atoms with Crippen molar-refractivity contribution in [2.24, 2.45) is 0 Å². The molecule has 0 aromatic carbocycles. The SMILES string of the molecule is CC/C=C\C/C=C\C/C=C\C/C=C\C/C=C\CCCCCC(=O)OCC(COP(=O)(O)OCC(O)COP(=O)(O)OCC(COC(=O)CCCCCCC/C=C\C/C=C\CCC)OC(=O)CCCCCCCCCCCCCCC)OC(=O)CCCCCCC/C=C\C/C=C\C/C=C\CC. The highest BCUT2D eigenvalue weighted by Crippen LogP contribution is 2.45. The van der Waals surface area contributed by atoms with E-state index in [9.17, 15) is 43.2 Å². The van der Waals surface area contributed by atoms with Gasteiger partial charge in [0.1, 0.15) is 19.3 Å². The minimum absolute atomic E-state index is 0.0653. The zero-order chi connectivity index (χ0) is 73.2. The van der Waals surface area contributed by atoms with Gasteiger partial charge in [-0.15, -0.1) is 0 Å². The quantitative estimate of drug-likeness (QED) is 0.0169. The first-order valence-electron chi connectivity index (χ1n) is 38.8. The van der Waals surface area contributed by atoms with E-state index in [2.05, 4.69) is 149 Å². The number of ether oxygens (including phenoxy) is 4. The molecule has 3 N–H and O–H groups in total. The number of phosphoric acid groups is 2. The highest BCUT2D eigenvalue weighted by atomic mass is 31.2. The minimum atomic E-state index is -4.99. The Morgan fingerprint density at radius 3 is 0.850 bits per heavy atom. The van der Waals surface area contributed by atoms with Crippen LogP contribution in [0, 0.1) is 0 Å². The Kier molecular flexibility index (Phi) is 69.5. The van der Waals surface area contributed by atoms with E-state index in [1.807, 2.05) is 0 Å². The van der Waals surface area contributed by atoms with Crippen LogP contribution in [0.2, 0.25) is 0 Å². The van der Waals surface area contributed by atoms with E-state index >= 15 is 0 Å². The lowest BCUT2D eigenvalue weighted by Crippen LogP contribution is -2.30. The zero-order valence-electron chi connectivity index (χ0n) is 62.6. The van der Waals surface area contributed by atoms with Crippen molar-refractivity contribution in [3.8, 4) is 0 Å². The van der Waals surface area contributed by atoms with Crippen LogP contribution < -0.4 is 0 Å². The fraction of sp³-hybridized carbons (Fsp3) is 0.704. The molecule has 0 heterocycles. The van der Waals surface area contributed by atoms with Gasteiger partial charge < -0.3 is 33.8 Å². The number of rotatable bonds is 72. The van der Waals surface area contributed by atoms with Crippen LogP contribution in [-0.2, 0) is 65.4 Å². The molecule has 0 radical (unpaired) electrons. The summed E-state index contributed by atoms with van der Waals surface area (Å²) in [5.41, 5.74) is 0. The molecule has 0 fully saturated rings. The van der Waals surface area contributed by atoms with Gasteiger partial charge >= 0.3 is 39.5 Å². The monoisotopic (exact) mass is 1440 g/mol. The van der Waals surface area contributed by atoms with E-state index in [4.69, 9.17) is 37.0 Å². The van der Waals surface area contributed by atoms with Crippen molar-refractivity contribution in [2.75, 3.05) is 39.6 Å². The van der Waals surface area contributed by atoms with Gasteiger partial charge in [-0.05, 0) is 128 Å². The lowest BCUT2D eigenvalue weighted by molar-refractivity contribution is -0.161.